The summed E-state index contributed by atoms with van der Waals surface area (Å²) in [6.45, 7) is 1.71. The maximum Gasteiger partial charge on any atom is 0.336 e. The molecule has 0 spiro atoms. The van der Waals surface area contributed by atoms with Gasteiger partial charge in [-0.2, -0.15) is 4.98 Å². The van der Waals surface area contributed by atoms with E-state index in [4.69, 9.17) is 4.74 Å². The molecule has 1 heterocycles. The van der Waals surface area contributed by atoms with Crippen molar-refractivity contribution in [2.45, 2.75) is 6.92 Å². The van der Waals surface area contributed by atoms with Crippen LogP contribution in [0.2, 0.25) is 0 Å². The number of carbonyl (C=O) groups excluding carboxylic acids is 1. The number of anilines is 1. The van der Waals surface area contributed by atoms with E-state index in [0.717, 1.165) is 0 Å². The van der Waals surface area contributed by atoms with Crippen LogP contribution in [0.1, 0.15) is 15.9 Å². The Hall–Kier alpha value is -2.57. The van der Waals surface area contributed by atoms with Crippen molar-refractivity contribution in [3.8, 4) is 11.8 Å². The molecule has 18 heavy (non-hydrogen) atoms. The molecular weight excluding hydrogens is 236 g/mol. The predicted octanol–water partition coefficient (Wildman–Crippen LogP) is 1.08. The quantitative estimate of drug-likeness (QED) is 0.754. The molecule has 0 aliphatic carbocycles. The van der Waals surface area contributed by atoms with Crippen LogP contribution in [-0.2, 0) is 0 Å². The number of hydrogen-bond donors (Lipinski definition) is 3. The summed E-state index contributed by atoms with van der Waals surface area (Å²) in [5.74, 6) is -0.380. The number of hydrogen-bond acceptors (Lipinski definition) is 5. The number of benzene rings is 1. The van der Waals surface area contributed by atoms with Gasteiger partial charge in [-0.05, 0) is 18.6 Å². The third kappa shape index (κ3) is 2.24. The normalized spacial score (nSPS) is 10.1. The van der Waals surface area contributed by atoms with Gasteiger partial charge in [0.05, 0.1) is 12.7 Å². The highest BCUT2D eigenvalue weighted by molar-refractivity contribution is 6.05. The summed E-state index contributed by atoms with van der Waals surface area (Å²) in [4.78, 5) is 15.7. The number of para-hydroxylation sites is 1. The van der Waals surface area contributed by atoms with Crippen molar-refractivity contribution in [2.75, 3.05) is 12.4 Å². The molecule has 1 aromatic carbocycles. The Morgan fingerprint density at radius 2 is 2.28 bits per heavy atom. The molecule has 7 nitrogen and oxygen atoms in total. The largest absolute Gasteiger partial charge is 0.507 e. The Balaban J connectivity index is 2.19. The summed E-state index contributed by atoms with van der Waals surface area (Å²) in [7, 11) is 1.42. The molecule has 0 atom stereocenters. The van der Waals surface area contributed by atoms with Gasteiger partial charge in [0, 0.05) is 0 Å². The van der Waals surface area contributed by atoms with Crippen molar-refractivity contribution in [3.05, 3.63) is 29.3 Å². The van der Waals surface area contributed by atoms with Crippen LogP contribution in [0.15, 0.2) is 18.2 Å². The molecule has 1 aromatic heterocycles. The highest BCUT2D eigenvalue weighted by atomic mass is 16.5. The summed E-state index contributed by atoms with van der Waals surface area (Å²) < 4.78 is 4.77. The maximum absolute atomic E-state index is 11.9. The smallest absolute Gasteiger partial charge is 0.336 e. The molecular formula is C11H12N4O3. The fourth-order valence-electron chi connectivity index (χ4n) is 1.41. The lowest BCUT2D eigenvalue weighted by atomic mass is 10.1. The number of aromatic amines is 1. The number of amides is 1. The highest BCUT2D eigenvalue weighted by Crippen LogP contribution is 2.22. The van der Waals surface area contributed by atoms with Crippen LogP contribution in [0.3, 0.4) is 0 Å². The fourth-order valence-corrected chi connectivity index (χ4v) is 1.41. The predicted molar refractivity (Wildman–Crippen MR) is 63.7 cm³/mol. The number of aromatic nitrogens is 3. The number of phenolic OH excluding ortho intramolecular Hbond substituents is 1. The number of carbonyl (C=O) groups is 1. The molecule has 0 unspecified atom stereocenters. The number of methoxy groups -OCH3 is 1. The first-order chi connectivity index (χ1) is 8.61. The zero-order valence-corrected chi connectivity index (χ0v) is 9.89. The zero-order chi connectivity index (χ0) is 13.1. The second-order valence-electron chi connectivity index (χ2n) is 3.60. The third-order valence-electron chi connectivity index (χ3n) is 2.36. The van der Waals surface area contributed by atoms with E-state index in [2.05, 4.69) is 20.5 Å². The van der Waals surface area contributed by atoms with E-state index in [9.17, 15) is 9.90 Å². The number of nitrogens with zero attached hydrogens (tertiary/aromatic N) is 2. The minimum Gasteiger partial charge on any atom is -0.507 e. The van der Waals surface area contributed by atoms with Crippen molar-refractivity contribution in [3.63, 3.8) is 0 Å². The molecule has 2 rings (SSSR count). The summed E-state index contributed by atoms with van der Waals surface area (Å²) >= 11 is 0. The van der Waals surface area contributed by atoms with Gasteiger partial charge in [-0.25, -0.2) is 5.10 Å². The number of H-pyrrole nitrogens is 1. The number of phenols is 1. The van der Waals surface area contributed by atoms with Crippen molar-refractivity contribution in [1.29, 1.82) is 0 Å². The van der Waals surface area contributed by atoms with E-state index in [0.29, 0.717) is 5.56 Å². The molecule has 94 valence electrons. The van der Waals surface area contributed by atoms with E-state index in [-0.39, 0.29) is 23.3 Å². The van der Waals surface area contributed by atoms with Crippen molar-refractivity contribution < 1.29 is 14.6 Å². The Morgan fingerprint density at radius 3 is 2.94 bits per heavy atom. The Morgan fingerprint density at radius 1 is 1.50 bits per heavy atom. The Bertz CT molecular complexity index is 579. The molecule has 0 saturated heterocycles. The average Bonchev–Trinajstić information content (AvgIpc) is 2.80. The summed E-state index contributed by atoms with van der Waals surface area (Å²) in [6.07, 6.45) is 0. The monoisotopic (exact) mass is 248 g/mol. The zero-order valence-electron chi connectivity index (χ0n) is 9.89. The van der Waals surface area contributed by atoms with Crippen LogP contribution in [0.25, 0.3) is 0 Å². The molecule has 0 radical (unpaired) electrons. The van der Waals surface area contributed by atoms with E-state index >= 15 is 0 Å². The lowest BCUT2D eigenvalue weighted by molar-refractivity contribution is 0.102. The molecule has 0 aliphatic rings. The van der Waals surface area contributed by atoms with E-state index in [1.165, 1.54) is 13.2 Å². The summed E-state index contributed by atoms with van der Waals surface area (Å²) in [5, 5.41) is 18.4. The van der Waals surface area contributed by atoms with Crippen LogP contribution in [-0.4, -0.2) is 33.3 Å². The van der Waals surface area contributed by atoms with Gasteiger partial charge in [0.2, 0.25) is 5.95 Å². The van der Waals surface area contributed by atoms with Gasteiger partial charge in [0.25, 0.3) is 5.91 Å². The second-order valence-corrected chi connectivity index (χ2v) is 3.60. The first-order valence-corrected chi connectivity index (χ1v) is 5.18. The van der Waals surface area contributed by atoms with Crippen molar-refractivity contribution >= 4 is 11.9 Å². The summed E-state index contributed by atoms with van der Waals surface area (Å²) in [6, 6.07) is 5.04. The third-order valence-corrected chi connectivity index (χ3v) is 2.36. The molecule has 0 bridgehead atoms. The van der Waals surface area contributed by atoms with Crippen LogP contribution < -0.4 is 10.1 Å². The molecule has 0 aliphatic heterocycles. The lowest BCUT2D eigenvalue weighted by Crippen LogP contribution is -2.13. The van der Waals surface area contributed by atoms with Crippen LogP contribution in [0.4, 0.5) is 5.95 Å². The van der Waals surface area contributed by atoms with Crippen molar-refractivity contribution in [1.82, 2.24) is 15.2 Å². The van der Waals surface area contributed by atoms with Gasteiger partial charge >= 0.3 is 6.01 Å². The first-order valence-electron chi connectivity index (χ1n) is 5.18. The van der Waals surface area contributed by atoms with Gasteiger partial charge in [-0.15, -0.1) is 5.10 Å². The second kappa shape index (κ2) is 4.74. The SMILES string of the molecule is COc1n[nH]c(NC(=O)c2cccc(C)c2O)n1. The van der Waals surface area contributed by atoms with Crippen LogP contribution in [0, 0.1) is 6.92 Å². The standard InChI is InChI=1S/C11H12N4O3/c1-6-4-3-5-7(8(6)16)9(17)12-10-13-11(18-2)15-14-10/h3-5,16H,1-2H3,(H2,12,13,14,15,17). The highest BCUT2D eigenvalue weighted by Gasteiger charge is 2.14. The van der Waals surface area contributed by atoms with Gasteiger partial charge in [-0.1, -0.05) is 12.1 Å². The topological polar surface area (TPSA) is 100 Å². The molecule has 1 amide bonds. The van der Waals surface area contributed by atoms with Gasteiger partial charge in [0.15, 0.2) is 0 Å². The van der Waals surface area contributed by atoms with Gasteiger partial charge < -0.3 is 9.84 Å². The fraction of sp³-hybridized carbons (Fsp3) is 0.182. The average molecular weight is 248 g/mol. The molecule has 0 saturated carbocycles. The first kappa shape index (κ1) is 11.9. The number of aryl methyl sites for hydroxylation is 1. The lowest BCUT2D eigenvalue weighted by Gasteiger charge is -2.05. The van der Waals surface area contributed by atoms with Gasteiger partial charge in [-0.3, -0.25) is 10.1 Å². The Labute approximate surface area is 103 Å². The van der Waals surface area contributed by atoms with E-state index in [1.807, 2.05) is 0 Å². The van der Waals surface area contributed by atoms with Gasteiger partial charge in [0.1, 0.15) is 5.75 Å². The minimum absolute atomic E-state index is 0.0542. The number of aromatic hydroxyl groups is 1. The summed E-state index contributed by atoms with van der Waals surface area (Å²) in [5.41, 5.74) is 0.795. The minimum atomic E-state index is -0.477. The van der Waals surface area contributed by atoms with E-state index < -0.39 is 5.91 Å². The van der Waals surface area contributed by atoms with E-state index in [1.54, 1.807) is 19.1 Å². The number of nitrogens with one attached hydrogen (secondary N) is 2. The molecule has 7 heteroatoms. The maximum atomic E-state index is 11.9. The molecule has 0 fully saturated rings. The molecule has 2 aromatic rings. The van der Waals surface area contributed by atoms with Crippen LogP contribution in [0.5, 0.6) is 11.8 Å². The van der Waals surface area contributed by atoms with Crippen molar-refractivity contribution in [2.24, 2.45) is 0 Å². The number of rotatable bonds is 3. The van der Waals surface area contributed by atoms with Crippen LogP contribution >= 0.6 is 0 Å². The molecule has 3 N–H and O–H groups in total. The Kier molecular flexibility index (Phi) is 3.13. The number of ether oxygens (including phenoxy) is 1.